The van der Waals surface area contributed by atoms with E-state index in [1.165, 1.54) is 62.7 Å². The van der Waals surface area contributed by atoms with Crippen molar-refractivity contribution in [3.8, 4) is 0 Å². The van der Waals surface area contributed by atoms with Gasteiger partial charge in [-0.05, 0) is 75.0 Å². The van der Waals surface area contributed by atoms with Gasteiger partial charge in [-0.1, -0.05) is 67.6 Å². The number of allylic oxidation sites excluding steroid dienone is 1. The molecule has 0 bridgehead atoms. The summed E-state index contributed by atoms with van der Waals surface area (Å²) in [6.45, 7) is 7.80. The molecule has 36 heavy (non-hydrogen) atoms. The molecule has 2 aromatic carbocycles. The van der Waals surface area contributed by atoms with Gasteiger partial charge in [0.15, 0.2) is 0 Å². The van der Waals surface area contributed by atoms with Gasteiger partial charge in [0.2, 0.25) is 0 Å². The lowest BCUT2D eigenvalue weighted by atomic mass is 10.1. The highest BCUT2D eigenvalue weighted by Gasteiger charge is 2.17. The zero-order valence-electron chi connectivity index (χ0n) is 21.4. The smallest absolute Gasteiger partial charge is 0.303 e. The SMILES string of the molecule is C=CCCCCCCCCC(=O)O.Clc1ccc(Cn2c(CN3CCCC3)nc3ccccc32)cc1. The standard InChI is InChI=1S/C19H20ClN3.C11H20O2/c20-16-9-7-15(8-10-16)13-23-18-6-2-1-5-17(18)21-19(23)14-22-11-3-4-12-22;1-2-3-4-5-6-7-8-9-10-11(12)13/h1-2,5-10H,3-4,11-14H2;2H,1,3-10H2,(H,12,13). The number of unbranched alkanes of at least 4 members (excludes halogenated alkanes) is 6. The normalized spacial score (nSPS) is 13.5. The maximum absolute atomic E-state index is 10.2. The summed E-state index contributed by atoms with van der Waals surface area (Å²) in [5.41, 5.74) is 3.53. The molecule has 0 aliphatic carbocycles. The van der Waals surface area contributed by atoms with Gasteiger partial charge in [-0.2, -0.15) is 0 Å². The Balaban J connectivity index is 0.000000240. The fourth-order valence-corrected chi connectivity index (χ4v) is 4.73. The summed E-state index contributed by atoms with van der Waals surface area (Å²) in [7, 11) is 0. The third-order valence-electron chi connectivity index (χ3n) is 6.60. The molecule has 0 saturated carbocycles. The molecule has 0 unspecified atom stereocenters. The number of rotatable bonds is 13. The van der Waals surface area contributed by atoms with Gasteiger partial charge in [0.25, 0.3) is 0 Å². The van der Waals surface area contributed by atoms with Crippen molar-refractivity contribution in [1.29, 1.82) is 0 Å². The number of hydrogen-bond acceptors (Lipinski definition) is 3. The second-order valence-electron chi connectivity index (χ2n) is 9.56. The summed E-state index contributed by atoms with van der Waals surface area (Å²) >= 11 is 6.01. The summed E-state index contributed by atoms with van der Waals surface area (Å²) in [5, 5.41) is 9.15. The number of carboxylic acid groups (broad SMARTS) is 1. The van der Waals surface area contributed by atoms with Gasteiger partial charge in [0.05, 0.1) is 17.6 Å². The second kappa shape index (κ2) is 15.5. The molecule has 1 fully saturated rings. The largest absolute Gasteiger partial charge is 0.481 e. The average Bonchev–Trinajstić information content (AvgIpc) is 3.51. The number of aliphatic carboxylic acids is 1. The van der Waals surface area contributed by atoms with Crippen molar-refractivity contribution in [2.75, 3.05) is 13.1 Å². The van der Waals surface area contributed by atoms with E-state index in [0.29, 0.717) is 6.42 Å². The number of halogens is 1. The summed E-state index contributed by atoms with van der Waals surface area (Å²) < 4.78 is 2.34. The number of carboxylic acids is 1. The minimum absolute atomic E-state index is 0.326. The van der Waals surface area contributed by atoms with Crippen molar-refractivity contribution < 1.29 is 9.90 Å². The van der Waals surface area contributed by atoms with Crippen LogP contribution in [0.4, 0.5) is 0 Å². The van der Waals surface area contributed by atoms with Gasteiger partial charge >= 0.3 is 5.97 Å². The molecule has 1 aliphatic heterocycles. The highest BCUT2D eigenvalue weighted by Crippen LogP contribution is 2.21. The molecule has 1 aromatic heterocycles. The Morgan fingerprint density at radius 1 is 0.944 bits per heavy atom. The Bertz CT molecular complexity index is 1070. The first kappa shape index (κ1) is 27.9. The van der Waals surface area contributed by atoms with Crippen LogP contribution in [0.15, 0.2) is 61.2 Å². The van der Waals surface area contributed by atoms with Crippen LogP contribution in [0, 0.1) is 0 Å². The van der Waals surface area contributed by atoms with E-state index in [9.17, 15) is 4.79 Å². The lowest BCUT2D eigenvalue weighted by Crippen LogP contribution is -2.21. The average molecular weight is 510 g/mol. The van der Waals surface area contributed by atoms with Crippen LogP contribution in [0.1, 0.15) is 75.6 Å². The number of imidazole rings is 1. The number of nitrogens with zero attached hydrogens (tertiary/aromatic N) is 3. The predicted octanol–water partition coefficient (Wildman–Crippen LogP) is 7.71. The molecular weight excluding hydrogens is 470 g/mol. The first-order chi connectivity index (χ1) is 17.6. The van der Waals surface area contributed by atoms with Crippen molar-refractivity contribution in [2.45, 2.75) is 77.3 Å². The first-order valence-electron chi connectivity index (χ1n) is 13.3. The predicted molar refractivity (Wildman–Crippen MR) is 150 cm³/mol. The molecule has 194 valence electrons. The second-order valence-corrected chi connectivity index (χ2v) is 9.99. The zero-order valence-corrected chi connectivity index (χ0v) is 22.1. The van der Waals surface area contributed by atoms with Crippen molar-refractivity contribution in [3.05, 3.63) is 77.6 Å². The molecule has 5 nitrogen and oxygen atoms in total. The third kappa shape index (κ3) is 9.44. The van der Waals surface area contributed by atoms with Gasteiger partial charge in [-0.3, -0.25) is 9.69 Å². The molecule has 6 heteroatoms. The quantitative estimate of drug-likeness (QED) is 0.189. The summed E-state index contributed by atoms with van der Waals surface area (Å²) in [4.78, 5) is 17.5. The van der Waals surface area contributed by atoms with Crippen molar-refractivity contribution >= 4 is 28.6 Å². The number of likely N-dealkylation sites (tertiary alicyclic amines) is 1. The third-order valence-corrected chi connectivity index (χ3v) is 6.85. The van der Waals surface area contributed by atoms with Crippen LogP contribution in [-0.4, -0.2) is 38.6 Å². The van der Waals surface area contributed by atoms with E-state index in [0.717, 1.165) is 48.7 Å². The van der Waals surface area contributed by atoms with Crippen LogP contribution in [0.2, 0.25) is 5.02 Å². The van der Waals surface area contributed by atoms with Crippen LogP contribution in [0.25, 0.3) is 11.0 Å². The van der Waals surface area contributed by atoms with Crippen molar-refractivity contribution in [2.24, 2.45) is 0 Å². The number of hydrogen-bond donors (Lipinski definition) is 1. The van der Waals surface area contributed by atoms with E-state index in [4.69, 9.17) is 21.7 Å². The monoisotopic (exact) mass is 509 g/mol. The van der Waals surface area contributed by atoms with Crippen LogP contribution in [0.5, 0.6) is 0 Å². The summed E-state index contributed by atoms with van der Waals surface area (Å²) in [6, 6.07) is 16.5. The molecular formula is C30H40ClN3O2. The Labute approximate surface area is 220 Å². The molecule has 0 radical (unpaired) electrons. The minimum Gasteiger partial charge on any atom is -0.481 e. The molecule has 1 N–H and O–H groups in total. The molecule has 4 rings (SSSR count). The number of aromatic nitrogens is 2. The lowest BCUT2D eigenvalue weighted by Gasteiger charge is -2.16. The van der Waals surface area contributed by atoms with E-state index in [1.807, 2.05) is 18.2 Å². The van der Waals surface area contributed by atoms with E-state index >= 15 is 0 Å². The number of para-hydroxylation sites is 2. The topological polar surface area (TPSA) is 58.4 Å². The highest BCUT2D eigenvalue weighted by atomic mass is 35.5. The fraction of sp³-hybridized carbons (Fsp3) is 0.467. The van der Waals surface area contributed by atoms with E-state index in [2.05, 4.69) is 52.4 Å². The molecule has 0 atom stereocenters. The van der Waals surface area contributed by atoms with Crippen LogP contribution < -0.4 is 0 Å². The van der Waals surface area contributed by atoms with Gasteiger partial charge in [0, 0.05) is 18.0 Å². The maximum atomic E-state index is 10.2. The van der Waals surface area contributed by atoms with E-state index < -0.39 is 5.97 Å². The Morgan fingerprint density at radius 2 is 1.61 bits per heavy atom. The molecule has 1 aliphatic rings. The Kier molecular flexibility index (Phi) is 12.0. The Hall–Kier alpha value is -2.63. The lowest BCUT2D eigenvalue weighted by molar-refractivity contribution is -0.137. The molecule has 3 aromatic rings. The zero-order chi connectivity index (χ0) is 25.6. The van der Waals surface area contributed by atoms with Gasteiger partial charge in [0.1, 0.15) is 5.82 Å². The number of fused-ring (bicyclic) bond motifs is 1. The van der Waals surface area contributed by atoms with E-state index in [1.54, 1.807) is 0 Å². The highest BCUT2D eigenvalue weighted by molar-refractivity contribution is 6.30. The molecule has 2 heterocycles. The molecule has 0 amide bonds. The Morgan fingerprint density at radius 3 is 2.31 bits per heavy atom. The van der Waals surface area contributed by atoms with Crippen LogP contribution >= 0.6 is 11.6 Å². The van der Waals surface area contributed by atoms with Gasteiger partial charge < -0.3 is 9.67 Å². The molecule has 0 spiro atoms. The first-order valence-corrected chi connectivity index (χ1v) is 13.7. The van der Waals surface area contributed by atoms with E-state index in [-0.39, 0.29) is 0 Å². The number of benzene rings is 2. The van der Waals surface area contributed by atoms with Gasteiger partial charge in [-0.25, -0.2) is 4.98 Å². The van der Waals surface area contributed by atoms with Gasteiger partial charge in [-0.15, -0.1) is 6.58 Å². The van der Waals surface area contributed by atoms with Crippen LogP contribution in [0.3, 0.4) is 0 Å². The number of carbonyl (C=O) groups is 1. The molecule has 1 saturated heterocycles. The van der Waals surface area contributed by atoms with Crippen molar-refractivity contribution in [1.82, 2.24) is 14.5 Å². The van der Waals surface area contributed by atoms with Crippen LogP contribution in [-0.2, 0) is 17.9 Å². The maximum Gasteiger partial charge on any atom is 0.303 e. The van der Waals surface area contributed by atoms with Crippen molar-refractivity contribution in [3.63, 3.8) is 0 Å². The summed E-state index contributed by atoms with van der Waals surface area (Å²) in [6.07, 6.45) is 12.7. The minimum atomic E-state index is -0.674. The summed E-state index contributed by atoms with van der Waals surface area (Å²) in [5.74, 6) is 0.481. The fourth-order valence-electron chi connectivity index (χ4n) is 4.61.